The van der Waals surface area contributed by atoms with E-state index < -0.39 is 6.61 Å². The van der Waals surface area contributed by atoms with E-state index in [4.69, 9.17) is 0 Å². The van der Waals surface area contributed by atoms with Crippen LogP contribution in [0.15, 0.2) is 59.7 Å². The van der Waals surface area contributed by atoms with E-state index >= 15 is 0 Å². The number of ether oxygens (including phenoxy) is 1. The molecule has 0 unspecified atom stereocenters. The molecule has 0 saturated carbocycles. The van der Waals surface area contributed by atoms with Crippen molar-refractivity contribution in [1.82, 2.24) is 19.7 Å². The minimum absolute atomic E-state index is 0.0553. The van der Waals surface area contributed by atoms with Gasteiger partial charge in [0.25, 0.3) is 5.56 Å². The molecule has 6 nitrogen and oxygen atoms in total. The van der Waals surface area contributed by atoms with Crippen molar-refractivity contribution in [3.8, 4) is 17.0 Å². The first-order valence-corrected chi connectivity index (χ1v) is 7.01. The van der Waals surface area contributed by atoms with Gasteiger partial charge >= 0.3 is 6.61 Å². The molecule has 8 heteroatoms. The Balaban J connectivity index is 1.86. The molecule has 0 N–H and O–H groups in total. The van der Waals surface area contributed by atoms with Gasteiger partial charge in [-0.15, -0.1) is 0 Å². The highest BCUT2D eigenvalue weighted by Crippen LogP contribution is 2.21. The van der Waals surface area contributed by atoms with Crippen LogP contribution in [0.2, 0.25) is 0 Å². The van der Waals surface area contributed by atoms with Gasteiger partial charge in [-0.2, -0.15) is 13.9 Å². The SMILES string of the molecule is O=c1ccc(-c2ccc(OC(F)F)cc2)nn1Cc1ncccn1. The van der Waals surface area contributed by atoms with Crippen molar-refractivity contribution >= 4 is 0 Å². The molecule has 0 bridgehead atoms. The number of hydrogen-bond donors (Lipinski definition) is 0. The van der Waals surface area contributed by atoms with E-state index in [1.807, 2.05) is 0 Å². The maximum Gasteiger partial charge on any atom is 0.387 e. The van der Waals surface area contributed by atoms with E-state index in [-0.39, 0.29) is 17.9 Å². The maximum atomic E-state index is 12.2. The molecule has 0 aliphatic heterocycles. The lowest BCUT2D eigenvalue weighted by molar-refractivity contribution is -0.0498. The molecule has 2 heterocycles. The first-order chi connectivity index (χ1) is 11.6. The Morgan fingerprint density at radius 3 is 2.42 bits per heavy atom. The van der Waals surface area contributed by atoms with Crippen molar-refractivity contribution in [3.05, 3.63) is 71.0 Å². The number of nitrogens with zero attached hydrogens (tertiary/aromatic N) is 4. The molecule has 122 valence electrons. The first-order valence-electron chi connectivity index (χ1n) is 7.01. The van der Waals surface area contributed by atoms with Crippen molar-refractivity contribution in [2.75, 3.05) is 0 Å². The molecule has 2 aromatic heterocycles. The van der Waals surface area contributed by atoms with Gasteiger partial charge in [-0.1, -0.05) is 0 Å². The van der Waals surface area contributed by atoms with Crippen molar-refractivity contribution in [2.24, 2.45) is 0 Å². The van der Waals surface area contributed by atoms with Crippen molar-refractivity contribution < 1.29 is 13.5 Å². The van der Waals surface area contributed by atoms with Gasteiger partial charge in [-0.25, -0.2) is 14.6 Å². The van der Waals surface area contributed by atoms with Gasteiger partial charge in [-0.05, 0) is 36.4 Å². The van der Waals surface area contributed by atoms with Crippen LogP contribution in [0.25, 0.3) is 11.3 Å². The largest absolute Gasteiger partial charge is 0.435 e. The molecule has 0 atom stereocenters. The molecule has 0 spiro atoms. The molecule has 0 aliphatic carbocycles. The molecule has 3 aromatic rings. The van der Waals surface area contributed by atoms with Crippen LogP contribution in [0.5, 0.6) is 5.75 Å². The highest BCUT2D eigenvalue weighted by Gasteiger charge is 2.07. The highest BCUT2D eigenvalue weighted by molar-refractivity contribution is 5.59. The fourth-order valence-electron chi connectivity index (χ4n) is 2.07. The summed E-state index contributed by atoms with van der Waals surface area (Å²) in [6.07, 6.45) is 3.16. The van der Waals surface area contributed by atoms with Crippen LogP contribution in [-0.2, 0) is 6.54 Å². The van der Waals surface area contributed by atoms with Crippen LogP contribution in [0.1, 0.15) is 5.82 Å². The highest BCUT2D eigenvalue weighted by atomic mass is 19.3. The fraction of sp³-hybridized carbons (Fsp3) is 0.125. The molecule has 1 aromatic carbocycles. The topological polar surface area (TPSA) is 69.9 Å². The second-order valence-electron chi connectivity index (χ2n) is 4.78. The Kier molecular flexibility index (Phi) is 4.55. The summed E-state index contributed by atoms with van der Waals surface area (Å²) in [4.78, 5) is 20.0. The average molecular weight is 330 g/mol. The van der Waals surface area contributed by atoms with Crippen LogP contribution in [0, 0.1) is 0 Å². The number of aromatic nitrogens is 4. The van der Waals surface area contributed by atoms with Gasteiger partial charge < -0.3 is 4.74 Å². The van der Waals surface area contributed by atoms with Gasteiger partial charge in [0.15, 0.2) is 0 Å². The second kappa shape index (κ2) is 6.95. The average Bonchev–Trinajstić information content (AvgIpc) is 2.58. The van der Waals surface area contributed by atoms with Crippen LogP contribution in [0.4, 0.5) is 8.78 Å². The molecular weight excluding hydrogens is 318 g/mol. The monoisotopic (exact) mass is 330 g/mol. The van der Waals surface area contributed by atoms with Crippen molar-refractivity contribution in [3.63, 3.8) is 0 Å². The predicted molar refractivity (Wildman–Crippen MR) is 81.7 cm³/mol. The van der Waals surface area contributed by atoms with Gasteiger partial charge in [0.05, 0.1) is 5.69 Å². The van der Waals surface area contributed by atoms with Crippen molar-refractivity contribution in [1.29, 1.82) is 0 Å². The van der Waals surface area contributed by atoms with Gasteiger partial charge in [-0.3, -0.25) is 4.79 Å². The smallest absolute Gasteiger partial charge is 0.387 e. The van der Waals surface area contributed by atoms with E-state index in [0.717, 1.165) is 0 Å². The van der Waals surface area contributed by atoms with Crippen LogP contribution >= 0.6 is 0 Å². The predicted octanol–water partition coefficient (Wildman–Crippen LogP) is 2.35. The summed E-state index contributed by atoms with van der Waals surface area (Å²) >= 11 is 0. The molecule has 3 rings (SSSR count). The van der Waals surface area contributed by atoms with E-state index in [9.17, 15) is 13.6 Å². The van der Waals surface area contributed by atoms with E-state index in [1.165, 1.54) is 22.9 Å². The Bertz CT molecular complexity index is 867. The third-order valence-electron chi connectivity index (χ3n) is 3.15. The first kappa shape index (κ1) is 15.7. The second-order valence-corrected chi connectivity index (χ2v) is 4.78. The minimum atomic E-state index is -2.87. The number of rotatable bonds is 5. The lowest BCUT2D eigenvalue weighted by Gasteiger charge is -2.08. The van der Waals surface area contributed by atoms with Crippen LogP contribution in [0.3, 0.4) is 0 Å². The zero-order valence-electron chi connectivity index (χ0n) is 12.3. The summed E-state index contributed by atoms with van der Waals surface area (Å²) in [5.41, 5.74) is 0.900. The molecule has 0 fully saturated rings. The van der Waals surface area contributed by atoms with E-state index in [2.05, 4.69) is 19.8 Å². The summed E-state index contributed by atoms with van der Waals surface area (Å²) in [6, 6.07) is 10.6. The third kappa shape index (κ3) is 3.78. The molecule has 0 saturated heterocycles. The molecular formula is C16H12F2N4O2. The number of hydrogen-bond acceptors (Lipinski definition) is 5. The van der Waals surface area contributed by atoms with Crippen LogP contribution < -0.4 is 10.3 Å². The Labute approximate surface area is 135 Å². The van der Waals surface area contributed by atoms with E-state index in [0.29, 0.717) is 17.1 Å². The van der Waals surface area contributed by atoms with Gasteiger partial charge in [0.2, 0.25) is 0 Å². The Hall–Kier alpha value is -3.16. The normalized spacial score (nSPS) is 10.8. The maximum absolute atomic E-state index is 12.2. The van der Waals surface area contributed by atoms with Crippen LogP contribution in [-0.4, -0.2) is 26.4 Å². The Morgan fingerprint density at radius 1 is 1.04 bits per heavy atom. The zero-order valence-corrected chi connectivity index (χ0v) is 12.3. The number of benzene rings is 1. The summed E-state index contributed by atoms with van der Waals surface area (Å²) in [6.45, 7) is -2.73. The molecule has 0 radical (unpaired) electrons. The zero-order chi connectivity index (χ0) is 16.9. The minimum Gasteiger partial charge on any atom is -0.435 e. The van der Waals surface area contributed by atoms with Gasteiger partial charge in [0, 0.05) is 24.0 Å². The number of alkyl halides is 2. The third-order valence-corrected chi connectivity index (χ3v) is 3.15. The molecule has 0 aliphatic rings. The summed E-state index contributed by atoms with van der Waals surface area (Å²) in [5.74, 6) is 0.518. The molecule has 24 heavy (non-hydrogen) atoms. The van der Waals surface area contributed by atoms with E-state index in [1.54, 1.807) is 36.7 Å². The summed E-state index contributed by atoms with van der Waals surface area (Å²) in [5, 5.41) is 4.26. The fourth-order valence-corrected chi connectivity index (χ4v) is 2.07. The van der Waals surface area contributed by atoms with Gasteiger partial charge in [0.1, 0.15) is 18.1 Å². The lowest BCUT2D eigenvalue weighted by Crippen LogP contribution is -2.23. The lowest BCUT2D eigenvalue weighted by atomic mass is 10.1. The molecule has 0 amide bonds. The summed E-state index contributed by atoms with van der Waals surface area (Å²) in [7, 11) is 0. The van der Waals surface area contributed by atoms with Crippen molar-refractivity contribution in [2.45, 2.75) is 13.2 Å². The standard InChI is InChI=1S/C16H12F2N4O2/c17-16(18)24-12-4-2-11(3-5-12)13-6-7-15(23)22(21-13)10-14-19-8-1-9-20-14/h1-9,16H,10H2. The Morgan fingerprint density at radius 2 is 1.75 bits per heavy atom. The number of halogens is 2. The summed E-state index contributed by atoms with van der Waals surface area (Å²) < 4.78 is 29.9. The quantitative estimate of drug-likeness (QED) is 0.718.